The first-order valence-electron chi connectivity index (χ1n) is 3.90. The van der Waals surface area contributed by atoms with E-state index in [2.05, 4.69) is 11.8 Å². The third-order valence-corrected chi connectivity index (χ3v) is 1.29. The van der Waals surface area contributed by atoms with Crippen LogP contribution in [0.4, 0.5) is 0 Å². The summed E-state index contributed by atoms with van der Waals surface area (Å²) in [5, 5.41) is 6.86. The van der Waals surface area contributed by atoms with Crippen molar-refractivity contribution in [2.24, 2.45) is 11.5 Å². The van der Waals surface area contributed by atoms with Gasteiger partial charge in [0.1, 0.15) is 0 Å². The lowest BCUT2D eigenvalue weighted by atomic mass is 10.2. The van der Waals surface area contributed by atoms with E-state index in [9.17, 15) is 4.79 Å². The van der Waals surface area contributed by atoms with Crippen LogP contribution >= 0.6 is 0 Å². The van der Waals surface area contributed by atoms with Crippen LogP contribution in [0.15, 0.2) is 11.8 Å². The maximum Gasteiger partial charge on any atom is 0.217 e. The molecule has 0 unspecified atom stereocenters. The first kappa shape index (κ1) is 11.2. The zero-order valence-electron chi connectivity index (χ0n) is 7.34. The van der Waals surface area contributed by atoms with E-state index in [4.69, 9.17) is 16.9 Å². The second kappa shape index (κ2) is 6.92. The van der Waals surface area contributed by atoms with Gasteiger partial charge in [-0.25, -0.2) is 0 Å². The Morgan fingerprint density at radius 2 is 2.23 bits per heavy atom. The summed E-state index contributed by atoms with van der Waals surface area (Å²) in [6.45, 7) is 0. The Balaban J connectivity index is 3.73. The number of carbonyl (C=O) groups excluding carboxylic acids is 1. The molecule has 0 bridgehead atoms. The summed E-state index contributed by atoms with van der Waals surface area (Å²) in [6, 6.07) is 0. The molecule has 0 aliphatic rings. The van der Waals surface area contributed by atoms with Gasteiger partial charge in [-0.1, -0.05) is 11.8 Å². The molecular formula is C9H13N3O. The number of nitrogens with two attached hydrogens (primary N) is 2. The Labute approximate surface area is 77.5 Å². The number of hydrogen-bond donors (Lipinski definition) is 3. The largest absolute Gasteiger partial charge is 0.404 e. The number of allylic oxidation sites excluding steroid dienone is 1. The van der Waals surface area contributed by atoms with Crippen LogP contribution in [-0.2, 0) is 4.79 Å². The van der Waals surface area contributed by atoms with E-state index in [0.717, 1.165) is 6.21 Å². The molecule has 13 heavy (non-hydrogen) atoms. The molecule has 1 amide bonds. The Kier molecular flexibility index (Phi) is 5.98. The molecule has 5 N–H and O–H groups in total. The first-order valence-corrected chi connectivity index (χ1v) is 3.90. The lowest BCUT2D eigenvalue weighted by Crippen LogP contribution is -2.09. The highest BCUT2D eigenvalue weighted by atomic mass is 16.1. The predicted molar refractivity (Wildman–Crippen MR) is 51.9 cm³/mol. The molecule has 0 aromatic rings. The van der Waals surface area contributed by atoms with E-state index in [1.54, 1.807) is 0 Å². The number of nitrogens with one attached hydrogen (secondary N) is 1. The third kappa shape index (κ3) is 6.63. The summed E-state index contributed by atoms with van der Waals surface area (Å²) in [5.41, 5.74) is 10.6. The fraction of sp³-hybridized carbons (Fsp3) is 0.333. The van der Waals surface area contributed by atoms with Crippen molar-refractivity contribution in [2.45, 2.75) is 19.3 Å². The standard InChI is InChI=1S/C9H13N3O/c10-6-8(7-11)4-2-1-3-5-9(12)13/h6-7,10H,1,3,5,11H2,(H2,12,13)/b8-7-,10-6?. The zero-order chi connectivity index (χ0) is 10.1. The van der Waals surface area contributed by atoms with Crippen LogP contribution in [0, 0.1) is 17.3 Å². The quantitative estimate of drug-likeness (QED) is 0.325. The fourth-order valence-electron chi connectivity index (χ4n) is 0.641. The summed E-state index contributed by atoms with van der Waals surface area (Å²) in [4.78, 5) is 10.3. The highest BCUT2D eigenvalue weighted by Gasteiger charge is 1.90. The van der Waals surface area contributed by atoms with Gasteiger partial charge >= 0.3 is 0 Å². The van der Waals surface area contributed by atoms with Crippen LogP contribution in [0.1, 0.15) is 19.3 Å². The molecule has 0 aliphatic heterocycles. The average molecular weight is 179 g/mol. The minimum absolute atomic E-state index is 0.316. The van der Waals surface area contributed by atoms with Gasteiger partial charge < -0.3 is 16.9 Å². The van der Waals surface area contributed by atoms with Crippen molar-refractivity contribution in [1.29, 1.82) is 5.41 Å². The topological polar surface area (TPSA) is 93.0 Å². The van der Waals surface area contributed by atoms with Gasteiger partial charge in [0.25, 0.3) is 0 Å². The molecule has 0 aromatic carbocycles. The van der Waals surface area contributed by atoms with Gasteiger partial charge in [0.2, 0.25) is 5.91 Å². The molecule has 0 atom stereocenters. The SMILES string of the molecule is N=C/C(C#CCCCC(N)=O)=C\N. The molecule has 0 radical (unpaired) electrons. The minimum atomic E-state index is -0.316. The van der Waals surface area contributed by atoms with E-state index in [1.807, 2.05) is 0 Å². The molecule has 4 heteroatoms. The number of amides is 1. The second-order valence-electron chi connectivity index (χ2n) is 2.39. The second-order valence-corrected chi connectivity index (χ2v) is 2.39. The van der Waals surface area contributed by atoms with E-state index in [1.165, 1.54) is 6.20 Å². The predicted octanol–water partition coefficient (Wildman–Crippen LogP) is 0.138. The van der Waals surface area contributed by atoms with Gasteiger partial charge in [0, 0.05) is 25.3 Å². The zero-order valence-corrected chi connectivity index (χ0v) is 7.34. The van der Waals surface area contributed by atoms with Crippen molar-refractivity contribution in [3.63, 3.8) is 0 Å². The number of primary amides is 1. The average Bonchev–Trinajstić information content (AvgIpc) is 2.11. The molecule has 0 spiro atoms. The van der Waals surface area contributed by atoms with Crippen molar-refractivity contribution in [2.75, 3.05) is 0 Å². The van der Waals surface area contributed by atoms with Crippen molar-refractivity contribution in [3.05, 3.63) is 11.8 Å². The summed E-state index contributed by atoms with van der Waals surface area (Å²) in [5.74, 6) is 5.15. The number of rotatable bonds is 4. The third-order valence-electron chi connectivity index (χ3n) is 1.29. The van der Waals surface area contributed by atoms with Gasteiger partial charge in [-0.15, -0.1) is 0 Å². The number of hydrogen-bond acceptors (Lipinski definition) is 3. The Morgan fingerprint density at radius 3 is 2.69 bits per heavy atom. The minimum Gasteiger partial charge on any atom is -0.404 e. The summed E-state index contributed by atoms with van der Waals surface area (Å²) >= 11 is 0. The van der Waals surface area contributed by atoms with Crippen LogP contribution in [0.5, 0.6) is 0 Å². The van der Waals surface area contributed by atoms with E-state index < -0.39 is 0 Å². The van der Waals surface area contributed by atoms with Gasteiger partial charge in [-0.3, -0.25) is 4.79 Å². The van der Waals surface area contributed by atoms with Crippen molar-refractivity contribution in [1.82, 2.24) is 0 Å². The van der Waals surface area contributed by atoms with Gasteiger partial charge in [0.15, 0.2) is 0 Å². The molecule has 70 valence electrons. The lowest BCUT2D eigenvalue weighted by Gasteiger charge is -1.88. The normalized spacial score (nSPS) is 10.0. The van der Waals surface area contributed by atoms with Gasteiger partial charge in [-0.2, -0.15) is 0 Å². The van der Waals surface area contributed by atoms with Gasteiger partial charge in [-0.05, 0) is 6.42 Å². The van der Waals surface area contributed by atoms with Crippen molar-refractivity contribution in [3.8, 4) is 11.8 Å². The van der Waals surface area contributed by atoms with Crippen molar-refractivity contribution >= 4 is 12.1 Å². The van der Waals surface area contributed by atoms with Crippen LogP contribution in [0.3, 0.4) is 0 Å². The van der Waals surface area contributed by atoms with Crippen LogP contribution in [0.25, 0.3) is 0 Å². The van der Waals surface area contributed by atoms with Crippen LogP contribution < -0.4 is 11.5 Å². The molecule has 0 saturated heterocycles. The molecule has 0 fully saturated rings. The summed E-state index contributed by atoms with van der Waals surface area (Å²) < 4.78 is 0. The fourth-order valence-corrected chi connectivity index (χ4v) is 0.641. The maximum atomic E-state index is 10.3. The highest BCUT2D eigenvalue weighted by Crippen LogP contribution is 1.92. The Bertz CT molecular complexity index is 270. The molecule has 0 rings (SSSR count). The lowest BCUT2D eigenvalue weighted by molar-refractivity contribution is -0.118. The maximum absolute atomic E-state index is 10.3. The van der Waals surface area contributed by atoms with Crippen molar-refractivity contribution < 1.29 is 4.79 Å². The van der Waals surface area contributed by atoms with E-state index in [0.29, 0.717) is 24.8 Å². The Hall–Kier alpha value is -1.76. The molecule has 0 aromatic heterocycles. The molecule has 0 saturated carbocycles. The van der Waals surface area contributed by atoms with E-state index in [-0.39, 0.29) is 5.91 Å². The Morgan fingerprint density at radius 1 is 1.54 bits per heavy atom. The molecule has 0 aliphatic carbocycles. The first-order chi connectivity index (χ1) is 6.20. The van der Waals surface area contributed by atoms with E-state index >= 15 is 0 Å². The molecule has 0 heterocycles. The van der Waals surface area contributed by atoms with Crippen LogP contribution in [0.2, 0.25) is 0 Å². The van der Waals surface area contributed by atoms with Gasteiger partial charge in [0.05, 0.1) is 5.57 Å². The number of unbranched alkanes of at least 4 members (excludes halogenated alkanes) is 1. The van der Waals surface area contributed by atoms with Crippen LogP contribution in [-0.4, -0.2) is 12.1 Å². The molecule has 4 nitrogen and oxygen atoms in total. The highest BCUT2D eigenvalue weighted by molar-refractivity contribution is 5.81. The summed E-state index contributed by atoms with van der Waals surface area (Å²) in [6.07, 6.45) is 3.95. The summed E-state index contributed by atoms with van der Waals surface area (Å²) in [7, 11) is 0. The number of carbonyl (C=O) groups is 1. The monoisotopic (exact) mass is 179 g/mol. The smallest absolute Gasteiger partial charge is 0.217 e. The molecular weight excluding hydrogens is 166 g/mol.